The molecule has 3 aromatic rings. The third kappa shape index (κ3) is 4.65. The van der Waals surface area contributed by atoms with Gasteiger partial charge in [0.25, 0.3) is 5.91 Å². The molecule has 1 unspecified atom stereocenters. The fourth-order valence-electron chi connectivity index (χ4n) is 4.57. The summed E-state index contributed by atoms with van der Waals surface area (Å²) in [5.41, 5.74) is 4.77. The van der Waals surface area contributed by atoms with E-state index in [-0.39, 0.29) is 24.4 Å². The van der Waals surface area contributed by atoms with Gasteiger partial charge < -0.3 is 19.9 Å². The molecule has 1 aliphatic carbocycles. The highest BCUT2D eigenvalue weighted by Crippen LogP contribution is 2.37. The average Bonchev–Trinajstić information content (AvgIpc) is 3.51. The molecule has 2 heterocycles. The van der Waals surface area contributed by atoms with Crippen molar-refractivity contribution in [3.8, 4) is 5.75 Å². The molecule has 174 valence electrons. The van der Waals surface area contributed by atoms with Gasteiger partial charge in [-0.25, -0.2) is 9.78 Å². The maximum atomic E-state index is 13.2. The number of fused-ring (bicyclic) bond motifs is 2. The van der Waals surface area contributed by atoms with Crippen LogP contribution in [0.15, 0.2) is 48.5 Å². The van der Waals surface area contributed by atoms with Crippen LogP contribution in [-0.2, 0) is 20.7 Å². The van der Waals surface area contributed by atoms with Gasteiger partial charge in [-0.2, -0.15) is 0 Å². The minimum Gasteiger partial charge on any atom is -0.508 e. The van der Waals surface area contributed by atoms with Gasteiger partial charge >= 0.3 is 5.97 Å². The highest BCUT2D eigenvalue weighted by molar-refractivity contribution is 6.07. The summed E-state index contributed by atoms with van der Waals surface area (Å²) in [5.74, 6) is -0.650. The highest BCUT2D eigenvalue weighted by atomic mass is 16.5. The molecule has 1 fully saturated rings. The van der Waals surface area contributed by atoms with Crippen LogP contribution < -0.4 is 5.32 Å². The summed E-state index contributed by atoms with van der Waals surface area (Å²) in [7, 11) is 0. The maximum absolute atomic E-state index is 13.2. The predicted octanol–water partition coefficient (Wildman–Crippen LogP) is 3.88. The second kappa shape index (κ2) is 9.65. The number of benzene rings is 2. The van der Waals surface area contributed by atoms with E-state index in [1.807, 2.05) is 42.5 Å². The summed E-state index contributed by atoms with van der Waals surface area (Å²) in [4.78, 5) is 30.3. The van der Waals surface area contributed by atoms with Crippen LogP contribution in [0.3, 0.4) is 0 Å². The van der Waals surface area contributed by atoms with Crippen molar-refractivity contribution in [3.63, 3.8) is 0 Å². The Labute approximate surface area is 197 Å². The number of phenols is 1. The summed E-state index contributed by atoms with van der Waals surface area (Å²) in [6, 6.07) is 14.4. The van der Waals surface area contributed by atoms with E-state index < -0.39 is 5.97 Å². The van der Waals surface area contributed by atoms with Crippen molar-refractivity contribution in [2.75, 3.05) is 19.8 Å². The third-order valence-electron chi connectivity index (χ3n) is 6.27. The van der Waals surface area contributed by atoms with E-state index >= 15 is 0 Å². The number of rotatable bonds is 6. The van der Waals surface area contributed by atoms with E-state index in [0.29, 0.717) is 24.0 Å². The van der Waals surface area contributed by atoms with Crippen LogP contribution in [0.1, 0.15) is 46.4 Å². The summed E-state index contributed by atoms with van der Waals surface area (Å²) in [6.07, 6.45) is 5.38. The molecule has 7 heteroatoms. The average molecular weight is 459 g/mol. The minimum atomic E-state index is -0.520. The van der Waals surface area contributed by atoms with Crippen molar-refractivity contribution < 1.29 is 24.2 Å². The van der Waals surface area contributed by atoms with E-state index in [0.717, 1.165) is 53.6 Å². The Morgan fingerprint density at radius 3 is 2.76 bits per heavy atom. The molecule has 2 aliphatic rings. The van der Waals surface area contributed by atoms with Crippen molar-refractivity contribution >= 4 is 34.4 Å². The second-order valence-corrected chi connectivity index (χ2v) is 8.61. The molecule has 1 amide bonds. The van der Waals surface area contributed by atoms with Gasteiger partial charge in [0.15, 0.2) is 6.61 Å². The van der Waals surface area contributed by atoms with E-state index in [1.54, 1.807) is 12.1 Å². The molecule has 1 atom stereocenters. The zero-order valence-corrected chi connectivity index (χ0v) is 18.8. The zero-order valence-electron chi connectivity index (χ0n) is 18.8. The molecule has 1 aliphatic heterocycles. The van der Waals surface area contributed by atoms with Gasteiger partial charge in [0, 0.05) is 18.5 Å². The van der Waals surface area contributed by atoms with Crippen molar-refractivity contribution in [1.29, 1.82) is 0 Å². The van der Waals surface area contributed by atoms with Crippen molar-refractivity contribution in [1.82, 2.24) is 10.3 Å². The van der Waals surface area contributed by atoms with E-state index in [4.69, 9.17) is 14.5 Å². The first-order valence-corrected chi connectivity index (χ1v) is 11.6. The number of pyridine rings is 1. The molecule has 0 bridgehead atoms. The van der Waals surface area contributed by atoms with Crippen LogP contribution >= 0.6 is 0 Å². The largest absolute Gasteiger partial charge is 0.508 e. The van der Waals surface area contributed by atoms with E-state index in [9.17, 15) is 14.7 Å². The fraction of sp³-hybridized carbons (Fsp3) is 0.296. The highest BCUT2D eigenvalue weighted by Gasteiger charge is 2.28. The van der Waals surface area contributed by atoms with Crippen LogP contribution in [0.5, 0.6) is 5.75 Å². The Morgan fingerprint density at radius 1 is 1.15 bits per heavy atom. The quantitative estimate of drug-likeness (QED) is 0.544. The summed E-state index contributed by atoms with van der Waals surface area (Å²) in [6.45, 7) is 0.807. The minimum absolute atomic E-state index is 0.0332. The lowest BCUT2D eigenvalue weighted by Crippen LogP contribution is -2.34. The lowest BCUT2D eigenvalue weighted by Gasteiger charge is -2.13. The number of ether oxygens (including phenoxy) is 2. The lowest BCUT2D eigenvalue weighted by molar-refractivity contribution is -0.124. The number of carbonyl (C=O) groups excluding carboxylic acids is 2. The van der Waals surface area contributed by atoms with Gasteiger partial charge in [0.05, 0.1) is 22.9 Å². The SMILES string of the molecule is O=C(COC(=O)c1c2c(nc3ccccc13)/C(=C/c1ccc(O)cc1)CC2)NCC1CCCO1. The number of esters is 1. The molecule has 2 aromatic carbocycles. The Morgan fingerprint density at radius 2 is 1.97 bits per heavy atom. The third-order valence-corrected chi connectivity index (χ3v) is 6.27. The molecule has 34 heavy (non-hydrogen) atoms. The van der Waals surface area contributed by atoms with Crippen LogP contribution in [0, 0.1) is 0 Å². The maximum Gasteiger partial charge on any atom is 0.339 e. The predicted molar refractivity (Wildman–Crippen MR) is 128 cm³/mol. The fourth-order valence-corrected chi connectivity index (χ4v) is 4.57. The van der Waals surface area contributed by atoms with Gasteiger partial charge in [0.2, 0.25) is 0 Å². The molecular weight excluding hydrogens is 432 g/mol. The van der Waals surface area contributed by atoms with Crippen LogP contribution in [0.25, 0.3) is 22.6 Å². The number of phenolic OH excluding ortho intramolecular Hbond substituents is 1. The number of amides is 1. The first kappa shape index (κ1) is 22.1. The standard InChI is InChI=1S/C27H26N2O5/c30-19-10-7-17(8-11-19)14-18-9-12-22-25(21-5-1-2-6-23(21)29-26(18)22)27(32)34-16-24(31)28-15-20-4-3-13-33-20/h1-2,5-8,10-11,14,20,30H,3-4,9,12-13,15-16H2,(H,28,31)/b18-14+. The van der Waals surface area contributed by atoms with Crippen molar-refractivity contribution in [2.45, 2.75) is 31.8 Å². The van der Waals surface area contributed by atoms with Crippen LogP contribution in [-0.4, -0.2) is 47.8 Å². The smallest absolute Gasteiger partial charge is 0.339 e. The van der Waals surface area contributed by atoms with Gasteiger partial charge in [-0.15, -0.1) is 0 Å². The monoisotopic (exact) mass is 458 g/mol. The first-order valence-electron chi connectivity index (χ1n) is 11.6. The van der Waals surface area contributed by atoms with Crippen molar-refractivity contribution in [2.24, 2.45) is 0 Å². The number of carbonyl (C=O) groups is 2. The van der Waals surface area contributed by atoms with Gasteiger partial charge in [-0.3, -0.25) is 4.79 Å². The van der Waals surface area contributed by atoms with Crippen LogP contribution in [0.4, 0.5) is 0 Å². The molecule has 0 spiro atoms. The molecule has 2 N–H and O–H groups in total. The van der Waals surface area contributed by atoms with Gasteiger partial charge in [-0.1, -0.05) is 30.3 Å². The number of aromatic hydroxyl groups is 1. The zero-order chi connectivity index (χ0) is 23.5. The Kier molecular flexibility index (Phi) is 6.27. The Bertz CT molecular complexity index is 1260. The molecule has 0 radical (unpaired) electrons. The number of allylic oxidation sites excluding steroid dienone is 1. The Hall–Kier alpha value is -3.71. The summed E-state index contributed by atoms with van der Waals surface area (Å²) < 4.78 is 10.9. The first-order chi connectivity index (χ1) is 16.6. The molecule has 0 saturated carbocycles. The number of nitrogens with one attached hydrogen (secondary N) is 1. The Balaban J connectivity index is 1.39. The molecule has 1 saturated heterocycles. The van der Waals surface area contributed by atoms with Gasteiger partial charge in [-0.05, 0) is 66.7 Å². The number of para-hydroxylation sites is 1. The lowest BCUT2D eigenvalue weighted by atomic mass is 10.0. The number of hydrogen-bond donors (Lipinski definition) is 2. The van der Waals surface area contributed by atoms with Crippen LogP contribution in [0.2, 0.25) is 0 Å². The van der Waals surface area contributed by atoms with Gasteiger partial charge in [0.1, 0.15) is 5.75 Å². The topological polar surface area (TPSA) is 97.8 Å². The number of aromatic nitrogens is 1. The normalized spacial score (nSPS) is 18.2. The number of hydrogen-bond acceptors (Lipinski definition) is 6. The molecule has 7 nitrogen and oxygen atoms in total. The van der Waals surface area contributed by atoms with Crippen molar-refractivity contribution in [3.05, 3.63) is 70.9 Å². The van der Waals surface area contributed by atoms with E-state index in [2.05, 4.69) is 5.32 Å². The summed E-state index contributed by atoms with van der Waals surface area (Å²) in [5, 5.41) is 13.0. The summed E-state index contributed by atoms with van der Waals surface area (Å²) >= 11 is 0. The second-order valence-electron chi connectivity index (χ2n) is 8.61. The molecular formula is C27H26N2O5. The molecule has 1 aromatic heterocycles. The van der Waals surface area contributed by atoms with E-state index in [1.165, 1.54) is 0 Å². The molecule has 5 rings (SSSR count). The number of nitrogens with zero attached hydrogens (tertiary/aromatic N) is 1.